The summed E-state index contributed by atoms with van der Waals surface area (Å²) in [6, 6.07) is 15.3. The van der Waals surface area contributed by atoms with E-state index in [1.165, 1.54) is 30.2 Å². The molecule has 2 aromatic carbocycles. The van der Waals surface area contributed by atoms with Crippen LogP contribution in [0.1, 0.15) is 46.0 Å². The van der Waals surface area contributed by atoms with Crippen LogP contribution in [0.4, 0.5) is 11.4 Å². The van der Waals surface area contributed by atoms with E-state index in [9.17, 15) is 9.59 Å². The van der Waals surface area contributed by atoms with Crippen LogP contribution in [0.2, 0.25) is 0 Å². The Labute approximate surface area is 211 Å². The minimum absolute atomic E-state index is 0.0399. The summed E-state index contributed by atoms with van der Waals surface area (Å²) in [5, 5.41) is 4.18. The lowest BCUT2D eigenvalue weighted by atomic mass is 9.97. The van der Waals surface area contributed by atoms with Gasteiger partial charge in [-0.1, -0.05) is 35.5 Å². The molecule has 0 saturated heterocycles. The number of amides is 1. The Balaban J connectivity index is 1.47. The number of nitrogens with zero attached hydrogens (tertiary/aromatic N) is 3. The molecular weight excluding hydrogens is 456 g/mol. The number of fused-ring (bicyclic) bond motifs is 1. The number of allylic oxidation sites excluding steroid dienone is 2. The van der Waals surface area contributed by atoms with E-state index in [0.717, 1.165) is 43.7 Å². The summed E-state index contributed by atoms with van der Waals surface area (Å²) in [7, 11) is 0. The van der Waals surface area contributed by atoms with Gasteiger partial charge < -0.3 is 10.2 Å². The van der Waals surface area contributed by atoms with Gasteiger partial charge in [-0.05, 0) is 82.3 Å². The van der Waals surface area contributed by atoms with Crippen LogP contribution in [-0.4, -0.2) is 34.3 Å². The molecule has 0 bridgehead atoms. The van der Waals surface area contributed by atoms with E-state index < -0.39 is 0 Å². The molecule has 6 nitrogen and oxygen atoms in total. The van der Waals surface area contributed by atoms with Crippen LogP contribution in [-0.2, 0) is 11.3 Å². The van der Waals surface area contributed by atoms with Gasteiger partial charge >= 0.3 is 0 Å². The highest BCUT2D eigenvalue weighted by molar-refractivity contribution is 7.99. The summed E-state index contributed by atoms with van der Waals surface area (Å²) < 4.78 is 1.74. The van der Waals surface area contributed by atoms with Gasteiger partial charge in [0.05, 0.1) is 16.7 Å². The van der Waals surface area contributed by atoms with Crippen molar-refractivity contribution in [2.24, 2.45) is 0 Å². The molecule has 0 radical (unpaired) electrons. The number of nitrogens with one attached hydrogen (secondary N) is 1. The van der Waals surface area contributed by atoms with E-state index >= 15 is 0 Å². The van der Waals surface area contributed by atoms with Crippen molar-refractivity contribution in [3.05, 3.63) is 70.5 Å². The first kappa shape index (κ1) is 25.0. The Morgan fingerprint density at radius 2 is 1.86 bits per heavy atom. The van der Waals surface area contributed by atoms with Crippen molar-refractivity contribution in [1.82, 2.24) is 9.55 Å². The van der Waals surface area contributed by atoms with Gasteiger partial charge in [0.15, 0.2) is 5.16 Å². The van der Waals surface area contributed by atoms with Crippen LogP contribution in [0, 0.1) is 0 Å². The smallest absolute Gasteiger partial charge is 0.262 e. The molecule has 1 amide bonds. The first-order chi connectivity index (χ1) is 17.1. The molecule has 184 valence electrons. The van der Waals surface area contributed by atoms with Crippen LogP contribution in [0.15, 0.2) is 70.1 Å². The van der Waals surface area contributed by atoms with Crippen molar-refractivity contribution < 1.29 is 4.79 Å². The summed E-state index contributed by atoms with van der Waals surface area (Å²) in [5.41, 5.74) is 3.94. The Morgan fingerprint density at radius 3 is 2.57 bits per heavy atom. The second-order valence-corrected chi connectivity index (χ2v) is 9.72. The maximum Gasteiger partial charge on any atom is 0.262 e. The highest BCUT2D eigenvalue weighted by Gasteiger charge is 2.15. The van der Waals surface area contributed by atoms with Crippen LogP contribution in [0.5, 0.6) is 0 Å². The quantitative estimate of drug-likeness (QED) is 0.219. The Morgan fingerprint density at radius 1 is 1.09 bits per heavy atom. The van der Waals surface area contributed by atoms with Crippen molar-refractivity contribution in [2.45, 2.75) is 57.7 Å². The predicted octanol–water partition coefficient (Wildman–Crippen LogP) is 5.86. The molecule has 0 aliphatic heterocycles. The third-order valence-electron chi connectivity index (χ3n) is 6.48. The Bertz CT molecular complexity index is 1250. The molecule has 35 heavy (non-hydrogen) atoms. The molecule has 0 unspecified atom stereocenters. The number of hydrogen-bond acceptors (Lipinski definition) is 5. The molecule has 0 saturated carbocycles. The Hall–Kier alpha value is -3.06. The molecule has 0 spiro atoms. The van der Waals surface area contributed by atoms with E-state index in [1.807, 2.05) is 48.5 Å². The zero-order valence-electron chi connectivity index (χ0n) is 20.6. The molecule has 0 atom stereocenters. The van der Waals surface area contributed by atoms with Crippen molar-refractivity contribution in [3.8, 4) is 0 Å². The number of hydrogen-bond donors (Lipinski definition) is 1. The number of aromatic nitrogens is 2. The maximum atomic E-state index is 13.3. The van der Waals surface area contributed by atoms with Crippen LogP contribution >= 0.6 is 11.8 Å². The highest BCUT2D eigenvalue weighted by Crippen LogP contribution is 2.23. The van der Waals surface area contributed by atoms with Gasteiger partial charge in [-0.2, -0.15) is 0 Å². The molecule has 1 aromatic heterocycles. The van der Waals surface area contributed by atoms with E-state index in [0.29, 0.717) is 22.6 Å². The summed E-state index contributed by atoms with van der Waals surface area (Å²) in [4.78, 5) is 33.0. The van der Waals surface area contributed by atoms with Gasteiger partial charge in [-0.3, -0.25) is 14.2 Å². The molecule has 1 N–H and O–H groups in total. The van der Waals surface area contributed by atoms with Crippen LogP contribution in [0.25, 0.3) is 10.9 Å². The third kappa shape index (κ3) is 6.34. The SMILES string of the molecule is CCN(CC)c1ccc(NC(=O)CSc2nc3ccccc3c(=O)n2CCC2=CCCCC2)cc1. The molecule has 4 rings (SSSR count). The van der Waals surface area contributed by atoms with Crippen molar-refractivity contribution in [2.75, 3.05) is 29.1 Å². The molecule has 1 aliphatic carbocycles. The van der Waals surface area contributed by atoms with Gasteiger partial charge in [-0.25, -0.2) is 4.98 Å². The fourth-order valence-corrected chi connectivity index (χ4v) is 5.34. The second-order valence-electron chi connectivity index (χ2n) is 8.78. The summed E-state index contributed by atoms with van der Waals surface area (Å²) >= 11 is 1.32. The maximum absolute atomic E-state index is 13.3. The topological polar surface area (TPSA) is 67.2 Å². The van der Waals surface area contributed by atoms with Gasteiger partial charge in [0.1, 0.15) is 0 Å². The fraction of sp³-hybridized carbons (Fsp3) is 0.393. The average molecular weight is 491 g/mol. The number of anilines is 2. The normalized spacial score (nSPS) is 13.5. The van der Waals surface area contributed by atoms with Gasteiger partial charge in [0, 0.05) is 31.0 Å². The fourth-order valence-electron chi connectivity index (χ4n) is 4.51. The number of benzene rings is 2. The van der Waals surface area contributed by atoms with Crippen molar-refractivity contribution >= 4 is 39.9 Å². The number of para-hydroxylation sites is 1. The van der Waals surface area contributed by atoms with E-state index in [-0.39, 0.29) is 17.2 Å². The van der Waals surface area contributed by atoms with E-state index in [2.05, 4.69) is 30.1 Å². The van der Waals surface area contributed by atoms with Gasteiger partial charge in [-0.15, -0.1) is 0 Å². The largest absolute Gasteiger partial charge is 0.372 e. The first-order valence-electron chi connectivity index (χ1n) is 12.5. The molecule has 3 aromatic rings. The summed E-state index contributed by atoms with van der Waals surface area (Å²) in [6.45, 7) is 6.72. The van der Waals surface area contributed by atoms with Crippen LogP contribution < -0.4 is 15.8 Å². The highest BCUT2D eigenvalue weighted by atomic mass is 32.2. The number of carbonyl (C=O) groups is 1. The molecule has 7 heteroatoms. The van der Waals surface area contributed by atoms with Gasteiger partial charge in [0.25, 0.3) is 5.56 Å². The minimum Gasteiger partial charge on any atom is -0.372 e. The van der Waals surface area contributed by atoms with Crippen molar-refractivity contribution in [3.63, 3.8) is 0 Å². The zero-order valence-corrected chi connectivity index (χ0v) is 21.4. The minimum atomic E-state index is -0.116. The number of carbonyl (C=O) groups excluding carboxylic acids is 1. The average Bonchev–Trinajstić information content (AvgIpc) is 2.89. The Kier molecular flexibility index (Phi) is 8.64. The second kappa shape index (κ2) is 12.1. The number of thioether (sulfide) groups is 1. The van der Waals surface area contributed by atoms with E-state index in [1.54, 1.807) is 4.57 Å². The third-order valence-corrected chi connectivity index (χ3v) is 7.46. The van der Waals surface area contributed by atoms with E-state index in [4.69, 9.17) is 4.98 Å². The first-order valence-corrected chi connectivity index (χ1v) is 13.5. The van der Waals surface area contributed by atoms with Gasteiger partial charge in [0.2, 0.25) is 5.91 Å². The molecule has 1 heterocycles. The van der Waals surface area contributed by atoms with Crippen molar-refractivity contribution in [1.29, 1.82) is 0 Å². The predicted molar refractivity (Wildman–Crippen MR) is 147 cm³/mol. The lowest BCUT2D eigenvalue weighted by Gasteiger charge is -2.21. The lowest BCUT2D eigenvalue weighted by molar-refractivity contribution is -0.113. The zero-order chi connectivity index (χ0) is 24.6. The lowest BCUT2D eigenvalue weighted by Crippen LogP contribution is -2.24. The summed E-state index contributed by atoms with van der Waals surface area (Å²) in [5.74, 6) is 0.0696. The molecule has 0 fully saturated rings. The monoisotopic (exact) mass is 490 g/mol. The summed E-state index contributed by atoms with van der Waals surface area (Å²) in [6.07, 6.45) is 7.85. The number of rotatable bonds is 10. The standard InChI is InChI=1S/C28H34N4O2S/c1-3-31(4-2)23-16-14-22(15-17-23)29-26(33)20-35-28-30-25-13-9-8-12-24(25)27(34)32(28)19-18-21-10-6-5-7-11-21/h8-10,12-17H,3-7,11,18-20H2,1-2H3,(H,29,33). The molecule has 1 aliphatic rings. The molecular formula is C28H34N4O2S. The van der Waals surface area contributed by atoms with Crippen LogP contribution in [0.3, 0.4) is 0 Å².